The highest BCUT2D eigenvalue weighted by molar-refractivity contribution is 9.10. The van der Waals surface area contributed by atoms with E-state index in [1.807, 2.05) is 29.6 Å². The van der Waals surface area contributed by atoms with Crippen molar-refractivity contribution in [3.05, 3.63) is 64.2 Å². The number of carbonyl (C=O) groups is 1. The van der Waals surface area contributed by atoms with Gasteiger partial charge in [-0.25, -0.2) is 17.8 Å². The highest BCUT2D eigenvalue weighted by Gasteiger charge is 2.17. The van der Waals surface area contributed by atoms with Gasteiger partial charge in [0.1, 0.15) is 5.82 Å². The number of carbonyl (C=O) groups excluding carboxylic acids is 1. The second-order valence-electron chi connectivity index (χ2n) is 5.62. The third-order valence-corrected chi connectivity index (χ3v) is 6.68. The van der Waals surface area contributed by atoms with Crippen LogP contribution < -0.4 is 5.32 Å². The van der Waals surface area contributed by atoms with Gasteiger partial charge in [-0.15, -0.1) is 11.3 Å². The smallest absolute Gasteiger partial charge is 0.227 e. The molecule has 0 saturated heterocycles. The molecule has 9 heteroatoms. The van der Waals surface area contributed by atoms with Crippen LogP contribution in [0.3, 0.4) is 0 Å². The van der Waals surface area contributed by atoms with E-state index in [9.17, 15) is 17.6 Å². The number of nitrogens with one attached hydrogen (secondary N) is 1. The fraction of sp³-hybridized carbons (Fsp3) is 0.111. The Balaban J connectivity index is 1.59. The third kappa shape index (κ3) is 5.21. The van der Waals surface area contributed by atoms with Crippen molar-refractivity contribution in [3.63, 3.8) is 0 Å². The lowest BCUT2D eigenvalue weighted by molar-refractivity contribution is -0.115. The third-order valence-electron chi connectivity index (χ3n) is 3.66. The van der Waals surface area contributed by atoms with E-state index in [-0.39, 0.29) is 17.1 Å². The van der Waals surface area contributed by atoms with E-state index in [1.54, 1.807) is 0 Å². The molecule has 3 rings (SSSR count). The average molecular weight is 469 g/mol. The van der Waals surface area contributed by atoms with Gasteiger partial charge in [-0.1, -0.05) is 28.1 Å². The lowest BCUT2D eigenvalue weighted by Gasteiger charge is -2.04. The largest absolute Gasteiger partial charge is 0.302 e. The molecular weight excluding hydrogens is 455 g/mol. The maximum Gasteiger partial charge on any atom is 0.227 e. The number of amides is 1. The molecule has 0 atom stereocenters. The van der Waals surface area contributed by atoms with Crippen LogP contribution in [0, 0.1) is 5.82 Å². The zero-order valence-corrected chi connectivity index (χ0v) is 17.1. The van der Waals surface area contributed by atoms with Gasteiger partial charge < -0.3 is 5.32 Å². The van der Waals surface area contributed by atoms with Crippen LogP contribution >= 0.6 is 27.3 Å². The molecule has 3 aromatic rings. The second kappa shape index (κ2) is 8.28. The van der Waals surface area contributed by atoms with Crippen molar-refractivity contribution < 1.29 is 17.6 Å². The molecule has 0 aliphatic carbocycles. The first-order chi connectivity index (χ1) is 12.8. The Kier molecular flexibility index (Phi) is 6.03. The second-order valence-corrected chi connectivity index (χ2v) is 9.50. The van der Waals surface area contributed by atoms with Gasteiger partial charge in [0.05, 0.1) is 16.3 Å². The Morgan fingerprint density at radius 3 is 2.44 bits per heavy atom. The van der Waals surface area contributed by atoms with Crippen LogP contribution in [0.2, 0.25) is 0 Å². The number of halogens is 2. The number of hydrogen-bond donors (Lipinski definition) is 1. The minimum Gasteiger partial charge on any atom is -0.302 e. The monoisotopic (exact) mass is 468 g/mol. The summed E-state index contributed by atoms with van der Waals surface area (Å²) in [7, 11) is -3.66. The van der Waals surface area contributed by atoms with E-state index < -0.39 is 21.6 Å². The van der Waals surface area contributed by atoms with Gasteiger partial charge in [-0.3, -0.25) is 4.79 Å². The number of anilines is 1. The first kappa shape index (κ1) is 19.7. The lowest BCUT2D eigenvalue weighted by atomic mass is 10.2. The molecule has 1 N–H and O–H groups in total. The number of benzene rings is 2. The van der Waals surface area contributed by atoms with Crippen LogP contribution in [-0.4, -0.2) is 25.1 Å². The van der Waals surface area contributed by atoms with Crippen LogP contribution in [0.15, 0.2) is 63.3 Å². The summed E-state index contributed by atoms with van der Waals surface area (Å²) in [6, 6.07) is 12.1. The molecule has 0 bridgehead atoms. The molecule has 140 valence electrons. The first-order valence-electron chi connectivity index (χ1n) is 7.83. The molecule has 0 fully saturated rings. The Hall–Kier alpha value is -2.10. The van der Waals surface area contributed by atoms with Crippen molar-refractivity contribution in [1.82, 2.24) is 4.98 Å². The number of nitrogens with zero attached hydrogens (tertiary/aromatic N) is 1. The van der Waals surface area contributed by atoms with Gasteiger partial charge in [-0.05, 0) is 36.4 Å². The number of thiazole rings is 1. The molecule has 0 aliphatic heterocycles. The van der Waals surface area contributed by atoms with Crippen molar-refractivity contribution in [2.45, 2.75) is 11.3 Å². The van der Waals surface area contributed by atoms with E-state index in [0.29, 0.717) is 5.13 Å². The highest BCUT2D eigenvalue weighted by atomic mass is 79.9. The summed E-state index contributed by atoms with van der Waals surface area (Å²) in [4.78, 5) is 16.4. The molecule has 1 heterocycles. The number of aromatic nitrogens is 1. The predicted molar refractivity (Wildman–Crippen MR) is 107 cm³/mol. The van der Waals surface area contributed by atoms with Crippen LogP contribution in [0.4, 0.5) is 9.52 Å². The summed E-state index contributed by atoms with van der Waals surface area (Å²) in [6.45, 7) is 0. The van der Waals surface area contributed by atoms with Gasteiger partial charge in [-0.2, -0.15) is 0 Å². The molecule has 27 heavy (non-hydrogen) atoms. The maximum absolute atomic E-state index is 12.9. The van der Waals surface area contributed by atoms with E-state index in [2.05, 4.69) is 26.2 Å². The molecule has 0 saturated carbocycles. The van der Waals surface area contributed by atoms with Gasteiger partial charge in [0.15, 0.2) is 15.0 Å². The van der Waals surface area contributed by atoms with Gasteiger partial charge in [0, 0.05) is 21.8 Å². The summed E-state index contributed by atoms with van der Waals surface area (Å²) in [5.41, 5.74) is 1.63. The minimum absolute atomic E-state index is 0.0107. The molecule has 2 aromatic carbocycles. The fourth-order valence-electron chi connectivity index (χ4n) is 2.25. The van der Waals surface area contributed by atoms with Crippen LogP contribution in [0.25, 0.3) is 11.3 Å². The molecular formula is C18H14BrFN2O3S2. The number of rotatable bonds is 6. The van der Waals surface area contributed by atoms with Crippen molar-refractivity contribution in [3.8, 4) is 11.3 Å². The van der Waals surface area contributed by atoms with E-state index in [0.717, 1.165) is 27.9 Å². The predicted octanol–water partition coefficient (Wildman–Crippen LogP) is 4.51. The fourth-order valence-corrected chi connectivity index (χ4v) is 4.49. The van der Waals surface area contributed by atoms with Gasteiger partial charge in [0.2, 0.25) is 5.91 Å². The summed E-state index contributed by atoms with van der Waals surface area (Å²) < 4.78 is 38.3. The SMILES string of the molecule is O=C(CCS(=O)(=O)c1ccc(F)cc1)Nc1nc(-c2ccc(Br)cc2)cs1. The molecule has 5 nitrogen and oxygen atoms in total. The molecule has 0 radical (unpaired) electrons. The number of hydrogen-bond acceptors (Lipinski definition) is 5. The Bertz CT molecular complexity index is 1050. The van der Waals surface area contributed by atoms with Crippen molar-refractivity contribution in [2.75, 3.05) is 11.1 Å². The molecule has 1 aromatic heterocycles. The summed E-state index contributed by atoms with van der Waals surface area (Å²) in [5.74, 6) is -1.33. The Morgan fingerprint density at radius 1 is 1.11 bits per heavy atom. The molecule has 0 aliphatic rings. The van der Waals surface area contributed by atoms with Crippen LogP contribution in [0.5, 0.6) is 0 Å². The average Bonchev–Trinajstić information content (AvgIpc) is 3.09. The van der Waals surface area contributed by atoms with Crippen molar-refractivity contribution in [2.24, 2.45) is 0 Å². The van der Waals surface area contributed by atoms with Crippen molar-refractivity contribution in [1.29, 1.82) is 0 Å². The topological polar surface area (TPSA) is 76.1 Å². The van der Waals surface area contributed by atoms with Gasteiger partial charge >= 0.3 is 0 Å². The van der Waals surface area contributed by atoms with Crippen molar-refractivity contribution >= 4 is 48.1 Å². The zero-order chi connectivity index (χ0) is 19.4. The highest BCUT2D eigenvalue weighted by Crippen LogP contribution is 2.26. The van der Waals surface area contributed by atoms with E-state index >= 15 is 0 Å². The lowest BCUT2D eigenvalue weighted by Crippen LogP contribution is -2.17. The van der Waals surface area contributed by atoms with Crippen LogP contribution in [-0.2, 0) is 14.6 Å². The summed E-state index contributed by atoms with van der Waals surface area (Å²) in [5, 5.41) is 4.83. The first-order valence-corrected chi connectivity index (χ1v) is 11.2. The Morgan fingerprint density at radius 2 is 1.78 bits per heavy atom. The quantitative estimate of drug-likeness (QED) is 0.539. The van der Waals surface area contributed by atoms with E-state index in [1.165, 1.54) is 23.5 Å². The molecule has 0 unspecified atom stereocenters. The zero-order valence-electron chi connectivity index (χ0n) is 13.9. The van der Waals surface area contributed by atoms with E-state index in [4.69, 9.17) is 0 Å². The standard InChI is InChI=1S/C18H14BrFN2O3S2/c19-13-3-1-12(2-4-13)16-11-26-18(21-16)22-17(23)9-10-27(24,25)15-7-5-14(20)6-8-15/h1-8,11H,9-10H2,(H,21,22,23). The number of sulfone groups is 1. The molecule has 0 spiro atoms. The normalized spacial score (nSPS) is 11.3. The minimum atomic E-state index is -3.66. The maximum atomic E-state index is 12.9. The summed E-state index contributed by atoms with van der Waals surface area (Å²) in [6.07, 6.45) is -0.215. The van der Waals surface area contributed by atoms with Gasteiger partial charge in [0.25, 0.3) is 0 Å². The Labute approximate surface area is 168 Å². The molecule has 1 amide bonds. The summed E-state index contributed by atoms with van der Waals surface area (Å²) >= 11 is 4.63. The van der Waals surface area contributed by atoms with Crippen LogP contribution in [0.1, 0.15) is 6.42 Å².